The minimum absolute atomic E-state index is 0.0374. The van der Waals surface area contributed by atoms with Crippen molar-refractivity contribution in [2.24, 2.45) is 0 Å². The number of hydrogen-bond donors (Lipinski definition) is 2. The van der Waals surface area contributed by atoms with Gasteiger partial charge in [0, 0.05) is 17.8 Å². The van der Waals surface area contributed by atoms with Crippen LogP contribution >= 0.6 is 0 Å². The minimum atomic E-state index is -0.897. The third-order valence-corrected chi connectivity index (χ3v) is 4.07. The van der Waals surface area contributed by atoms with Crippen molar-refractivity contribution in [3.8, 4) is 0 Å². The highest BCUT2D eigenvalue weighted by atomic mass is 16.6. The summed E-state index contributed by atoms with van der Waals surface area (Å²) >= 11 is 0. The normalized spacial score (nSPS) is 11.5. The Hall–Kier alpha value is -3.42. The van der Waals surface area contributed by atoms with E-state index < -0.39 is 23.4 Å². The minimum Gasteiger partial charge on any atom is -0.452 e. The van der Waals surface area contributed by atoms with Crippen molar-refractivity contribution in [2.45, 2.75) is 26.3 Å². The summed E-state index contributed by atoms with van der Waals surface area (Å²) in [6.45, 7) is 3.36. The molecule has 0 saturated carbocycles. The van der Waals surface area contributed by atoms with E-state index in [0.717, 1.165) is 18.1 Å². The van der Waals surface area contributed by atoms with E-state index in [4.69, 9.17) is 10.5 Å². The Labute approximate surface area is 156 Å². The van der Waals surface area contributed by atoms with Crippen LogP contribution in [0, 0.1) is 10.1 Å². The molecule has 0 radical (unpaired) electrons. The Kier molecular flexibility index (Phi) is 6.48. The number of rotatable bonds is 7. The Balaban J connectivity index is 1.93. The highest BCUT2D eigenvalue weighted by molar-refractivity contribution is 5.97. The molecule has 0 spiro atoms. The fraction of sp³-hybridized carbons (Fsp3) is 0.263. The molecule has 3 N–H and O–H groups in total. The largest absolute Gasteiger partial charge is 0.452 e. The molecule has 0 aromatic heterocycles. The number of nitrogens with zero attached hydrogens (tertiary/aromatic N) is 1. The van der Waals surface area contributed by atoms with Gasteiger partial charge in [-0.3, -0.25) is 14.9 Å². The zero-order valence-electron chi connectivity index (χ0n) is 15.1. The highest BCUT2D eigenvalue weighted by Crippen LogP contribution is 2.20. The molecule has 0 fully saturated rings. The monoisotopic (exact) mass is 371 g/mol. The summed E-state index contributed by atoms with van der Waals surface area (Å²) in [5.74, 6) is -1.38. The van der Waals surface area contributed by atoms with Crippen molar-refractivity contribution in [2.75, 3.05) is 12.3 Å². The topological polar surface area (TPSA) is 125 Å². The number of aryl methyl sites for hydroxylation is 1. The summed E-state index contributed by atoms with van der Waals surface area (Å²) in [6, 6.07) is 11.0. The predicted octanol–water partition coefficient (Wildman–Crippen LogP) is 2.77. The van der Waals surface area contributed by atoms with Gasteiger partial charge in [-0.2, -0.15) is 0 Å². The van der Waals surface area contributed by atoms with Gasteiger partial charge in [-0.25, -0.2) is 4.79 Å². The van der Waals surface area contributed by atoms with Crippen LogP contribution in [-0.4, -0.2) is 23.4 Å². The van der Waals surface area contributed by atoms with Crippen molar-refractivity contribution in [1.29, 1.82) is 0 Å². The van der Waals surface area contributed by atoms with E-state index in [2.05, 4.69) is 12.2 Å². The lowest BCUT2D eigenvalue weighted by molar-refractivity contribution is -0.384. The Morgan fingerprint density at radius 1 is 1.22 bits per heavy atom. The lowest BCUT2D eigenvalue weighted by Gasteiger charge is -2.15. The first-order valence-electron chi connectivity index (χ1n) is 8.41. The first-order chi connectivity index (χ1) is 12.8. The molecule has 0 aliphatic heterocycles. The molecule has 2 aromatic carbocycles. The summed E-state index contributed by atoms with van der Waals surface area (Å²) in [6.07, 6.45) is 0.928. The van der Waals surface area contributed by atoms with E-state index in [9.17, 15) is 19.7 Å². The van der Waals surface area contributed by atoms with Gasteiger partial charge in [0.2, 0.25) is 0 Å². The number of benzene rings is 2. The number of amides is 1. The van der Waals surface area contributed by atoms with E-state index in [-0.39, 0.29) is 23.0 Å². The molecular formula is C19H21N3O5. The lowest BCUT2D eigenvalue weighted by atomic mass is 10.1. The molecule has 0 heterocycles. The Bertz CT molecular complexity index is 849. The van der Waals surface area contributed by atoms with Gasteiger partial charge in [0.05, 0.1) is 16.5 Å². The molecule has 27 heavy (non-hydrogen) atoms. The Morgan fingerprint density at radius 2 is 1.89 bits per heavy atom. The maximum absolute atomic E-state index is 12.1. The second-order valence-corrected chi connectivity index (χ2v) is 5.99. The van der Waals surface area contributed by atoms with Gasteiger partial charge in [-0.05, 0) is 30.5 Å². The van der Waals surface area contributed by atoms with Crippen molar-refractivity contribution < 1.29 is 19.2 Å². The van der Waals surface area contributed by atoms with Crippen molar-refractivity contribution >= 4 is 23.3 Å². The van der Waals surface area contributed by atoms with Crippen LogP contribution in [0.5, 0.6) is 0 Å². The average Bonchev–Trinajstić information content (AvgIpc) is 2.66. The van der Waals surface area contributed by atoms with Gasteiger partial charge < -0.3 is 15.8 Å². The number of non-ortho nitro benzene ring substituents is 1. The third-order valence-electron chi connectivity index (χ3n) is 4.07. The predicted molar refractivity (Wildman–Crippen MR) is 100 cm³/mol. The molecule has 142 valence electrons. The number of nitro benzene ring substituents is 1. The average molecular weight is 371 g/mol. The fourth-order valence-corrected chi connectivity index (χ4v) is 2.45. The van der Waals surface area contributed by atoms with Crippen LogP contribution in [0.15, 0.2) is 42.5 Å². The van der Waals surface area contributed by atoms with Crippen molar-refractivity contribution in [3.63, 3.8) is 0 Å². The number of nitrogen functional groups attached to an aromatic ring is 1. The van der Waals surface area contributed by atoms with Crippen LogP contribution in [-0.2, 0) is 16.0 Å². The van der Waals surface area contributed by atoms with E-state index in [1.807, 2.05) is 31.2 Å². The second kappa shape index (κ2) is 8.79. The van der Waals surface area contributed by atoms with Crippen LogP contribution < -0.4 is 11.1 Å². The van der Waals surface area contributed by atoms with E-state index in [1.54, 1.807) is 0 Å². The van der Waals surface area contributed by atoms with Crippen LogP contribution in [0.2, 0.25) is 0 Å². The van der Waals surface area contributed by atoms with E-state index >= 15 is 0 Å². The van der Waals surface area contributed by atoms with Crippen molar-refractivity contribution in [1.82, 2.24) is 5.32 Å². The van der Waals surface area contributed by atoms with Gasteiger partial charge in [0.1, 0.15) is 0 Å². The van der Waals surface area contributed by atoms with E-state index in [0.29, 0.717) is 0 Å². The smallest absolute Gasteiger partial charge is 0.341 e. The van der Waals surface area contributed by atoms with Crippen molar-refractivity contribution in [3.05, 3.63) is 69.3 Å². The summed E-state index contributed by atoms with van der Waals surface area (Å²) in [5.41, 5.74) is 7.37. The molecule has 8 nitrogen and oxygen atoms in total. The van der Waals surface area contributed by atoms with Crippen LogP contribution in [0.4, 0.5) is 11.4 Å². The number of anilines is 1. The molecule has 0 aliphatic rings. The summed E-state index contributed by atoms with van der Waals surface area (Å²) in [7, 11) is 0. The number of nitrogens with one attached hydrogen (secondary N) is 1. The SMILES string of the molecule is CCc1ccc([C@@H](C)NC(=O)COC(=O)c2cc([N+](=O)[O-])ccc2N)cc1. The van der Waals surface area contributed by atoms with Gasteiger partial charge in [-0.1, -0.05) is 31.2 Å². The van der Waals surface area contributed by atoms with Gasteiger partial charge >= 0.3 is 5.97 Å². The summed E-state index contributed by atoms with van der Waals surface area (Å²) < 4.78 is 4.93. The van der Waals surface area contributed by atoms with Gasteiger partial charge in [-0.15, -0.1) is 0 Å². The number of esters is 1. The number of hydrogen-bond acceptors (Lipinski definition) is 6. The first kappa shape index (κ1) is 19.9. The summed E-state index contributed by atoms with van der Waals surface area (Å²) in [4.78, 5) is 34.2. The molecule has 2 aromatic rings. The zero-order valence-corrected chi connectivity index (χ0v) is 15.1. The molecule has 0 aliphatic carbocycles. The fourth-order valence-electron chi connectivity index (χ4n) is 2.45. The molecular weight excluding hydrogens is 350 g/mol. The van der Waals surface area contributed by atoms with E-state index in [1.165, 1.54) is 17.7 Å². The summed E-state index contributed by atoms with van der Waals surface area (Å²) in [5, 5.41) is 13.5. The lowest BCUT2D eigenvalue weighted by Crippen LogP contribution is -2.31. The number of nitrogens with two attached hydrogens (primary N) is 1. The molecule has 2 rings (SSSR count). The molecule has 0 unspecified atom stereocenters. The van der Waals surface area contributed by atoms with Gasteiger partial charge in [0.15, 0.2) is 6.61 Å². The molecule has 8 heteroatoms. The third kappa shape index (κ3) is 5.27. The standard InChI is InChI=1S/C19H21N3O5/c1-3-13-4-6-14(7-5-13)12(2)21-18(23)11-27-19(24)16-10-15(22(25)26)8-9-17(16)20/h4-10,12H,3,11,20H2,1-2H3,(H,21,23)/t12-/m1/s1. The first-order valence-corrected chi connectivity index (χ1v) is 8.41. The van der Waals surface area contributed by atoms with Crippen LogP contribution in [0.25, 0.3) is 0 Å². The maximum atomic E-state index is 12.1. The number of ether oxygens (including phenoxy) is 1. The highest BCUT2D eigenvalue weighted by Gasteiger charge is 2.18. The quantitative estimate of drug-likeness (QED) is 0.334. The van der Waals surface area contributed by atoms with Crippen LogP contribution in [0.1, 0.15) is 41.4 Å². The van der Waals surface area contributed by atoms with Crippen LogP contribution in [0.3, 0.4) is 0 Å². The number of nitro groups is 1. The number of carbonyl (C=O) groups is 2. The maximum Gasteiger partial charge on any atom is 0.341 e. The number of carbonyl (C=O) groups excluding carboxylic acids is 2. The molecule has 1 atom stereocenters. The van der Waals surface area contributed by atoms with Gasteiger partial charge in [0.25, 0.3) is 11.6 Å². The zero-order chi connectivity index (χ0) is 20.0. The molecule has 0 bridgehead atoms. The Morgan fingerprint density at radius 3 is 2.48 bits per heavy atom. The molecule has 1 amide bonds. The second-order valence-electron chi connectivity index (χ2n) is 5.99. The molecule has 0 saturated heterocycles.